The SMILES string of the molecule is COc1cccc(C=O)c1C(=O)c1c(C)c(O)c2c(c1O)[C@@H](CC1CC(NC(=O)C(F)(F)F)C3OC3O1)CC(O)(C(C)=O)C2. The highest BCUT2D eigenvalue weighted by Gasteiger charge is 2.55. The van der Waals surface area contributed by atoms with Gasteiger partial charge in [-0.1, -0.05) is 12.1 Å². The van der Waals surface area contributed by atoms with Crippen molar-refractivity contribution in [3.63, 3.8) is 0 Å². The number of ketones is 2. The Balaban J connectivity index is 1.57. The number of phenols is 2. The number of ether oxygens (including phenoxy) is 3. The molecule has 6 atom stereocenters. The lowest BCUT2D eigenvalue weighted by Gasteiger charge is -2.40. The van der Waals surface area contributed by atoms with Gasteiger partial charge in [0, 0.05) is 28.7 Å². The first-order valence-electron chi connectivity index (χ1n) is 13.8. The van der Waals surface area contributed by atoms with Gasteiger partial charge in [-0.15, -0.1) is 0 Å². The molecule has 44 heavy (non-hydrogen) atoms. The summed E-state index contributed by atoms with van der Waals surface area (Å²) in [7, 11) is 1.29. The summed E-state index contributed by atoms with van der Waals surface area (Å²) in [5.74, 6) is -5.52. The highest BCUT2D eigenvalue weighted by molar-refractivity contribution is 6.17. The number of alkyl halides is 3. The number of epoxide rings is 1. The Labute approximate surface area is 248 Å². The third kappa shape index (κ3) is 5.41. The largest absolute Gasteiger partial charge is 0.507 e. The van der Waals surface area contributed by atoms with E-state index < -0.39 is 71.2 Å². The van der Waals surface area contributed by atoms with Crippen molar-refractivity contribution in [2.75, 3.05) is 7.11 Å². The molecule has 1 aliphatic carbocycles. The van der Waals surface area contributed by atoms with Crippen molar-refractivity contribution in [3.8, 4) is 17.2 Å². The average Bonchev–Trinajstić information content (AvgIpc) is 3.74. The van der Waals surface area contributed by atoms with Gasteiger partial charge in [-0.25, -0.2) is 0 Å². The van der Waals surface area contributed by atoms with Gasteiger partial charge in [-0.05, 0) is 45.1 Å². The highest BCUT2D eigenvalue weighted by Crippen LogP contribution is 2.52. The number of phenolic OH excluding ortho intramolecular Hbond substituents is 2. The quantitative estimate of drug-likeness (QED) is 0.149. The van der Waals surface area contributed by atoms with Crippen LogP contribution in [0.15, 0.2) is 18.2 Å². The highest BCUT2D eigenvalue weighted by atomic mass is 19.4. The zero-order chi connectivity index (χ0) is 32.3. The van der Waals surface area contributed by atoms with Crippen LogP contribution in [0.1, 0.15) is 75.1 Å². The molecular formula is C30H30F3NO10. The standard InChI is InChI=1S/C30H30F3NO10/c1-12-20(25(39)22-14(11-35)5-4-6-19(22)42-3)24(38)21-15(9-29(41,13(2)36)10-17(21)23(12)37)7-16-8-18(26-27(43-16)44-26)34-28(40)30(31,32)33/h4-6,11,15-16,18,26-27,37-38,41H,7-10H2,1-3H3,(H,34,40)/t15-,16?,18?,26?,27?,29?/m0/s1. The van der Waals surface area contributed by atoms with E-state index in [1.54, 1.807) is 0 Å². The third-order valence-electron chi connectivity index (χ3n) is 8.65. The predicted molar refractivity (Wildman–Crippen MR) is 144 cm³/mol. The zero-order valence-corrected chi connectivity index (χ0v) is 23.9. The van der Waals surface area contributed by atoms with Crippen LogP contribution in [0.4, 0.5) is 13.2 Å². The van der Waals surface area contributed by atoms with E-state index in [9.17, 15) is 47.7 Å². The second kappa shape index (κ2) is 11.2. The first-order chi connectivity index (χ1) is 20.6. The molecule has 0 spiro atoms. The zero-order valence-electron chi connectivity index (χ0n) is 23.9. The Kier molecular flexibility index (Phi) is 7.97. The summed E-state index contributed by atoms with van der Waals surface area (Å²) in [5.41, 5.74) is -2.52. The van der Waals surface area contributed by atoms with E-state index in [1.807, 2.05) is 5.32 Å². The molecule has 2 heterocycles. The van der Waals surface area contributed by atoms with Gasteiger partial charge in [0.05, 0.1) is 30.4 Å². The number of carbonyl (C=O) groups is 4. The fourth-order valence-electron chi connectivity index (χ4n) is 6.38. The van der Waals surface area contributed by atoms with E-state index >= 15 is 0 Å². The lowest BCUT2D eigenvalue weighted by Crippen LogP contribution is -2.50. The van der Waals surface area contributed by atoms with Crippen LogP contribution in [0.2, 0.25) is 0 Å². The second-order valence-corrected chi connectivity index (χ2v) is 11.4. The smallest absolute Gasteiger partial charge is 0.471 e. The van der Waals surface area contributed by atoms with Crippen LogP contribution >= 0.6 is 0 Å². The molecule has 0 aromatic heterocycles. The van der Waals surface area contributed by atoms with Gasteiger partial charge in [0.25, 0.3) is 0 Å². The van der Waals surface area contributed by atoms with Crippen molar-refractivity contribution in [2.24, 2.45) is 0 Å². The maximum Gasteiger partial charge on any atom is 0.471 e. The molecule has 14 heteroatoms. The number of fused-ring (bicyclic) bond motifs is 2. The summed E-state index contributed by atoms with van der Waals surface area (Å²) in [5, 5.41) is 36.2. The van der Waals surface area contributed by atoms with Gasteiger partial charge >= 0.3 is 12.1 Å². The topological polar surface area (TPSA) is 172 Å². The van der Waals surface area contributed by atoms with E-state index in [4.69, 9.17) is 14.2 Å². The number of hydrogen-bond donors (Lipinski definition) is 4. The van der Waals surface area contributed by atoms with E-state index in [0.717, 1.165) is 6.92 Å². The van der Waals surface area contributed by atoms with Crippen LogP contribution in [-0.2, 0) is 25.5 Å². The summed E-state index contributed by atoms with van der Waals surface area (Å²) in [6, 6.07) is 3.28. The molecule has 3 aliphatic rings. The second-order valence-electron chi connectivity index (χ2n) is 11.4. The minimum Gasteiger partial charge on any atom is -0.507 e. The van der Waals surface area contributed by atoms with E-state index in [0.29, 0.717) is 6.29 Å². The van der Waals surface area contributed by atoms with Crippen LogP contribution in [0.3, 0.4) is 0 Å². The number of Topliss-reactive ketones (excluding diaryl/α,β-unsaturated/α-hetero) is 1. The first kappa shape index (κ1) is 31.4. The van der Waals surface area contributed by atoms with E-state index in [1.165, 1.54) is 32.2 Å². The maximum atomic E-state index is 13.9. The van der Waals surface area contributed by atoms with Crippen LogP contribution < -0.4 is 10.1 Å². The van der Waals surface area contributed by atoms with Crippen LogP contribution in [-0.4, -0.2) is 82.5 Å². The fraction of sp³-hybridized carbons (Fsp3) is 0.467. The predicted octanol–water partition coefficient (Wildman–Crippen LogP) is 2.76. The van der Waals surface area contributed by atoms with Gasteiger partial charge < -0.3 is 34.8 Å². The minimum absolute atomic E-state index is 0.0134. The molecule has 0 bridgehead atoms. The van der Waals surface area contributed by atoms with E-state index in [-0.39, 0.29) is 64.8 Å². The summed E-state index contributed by atoms with van der Waals surface area (Å²) in [4.78, 5) is 49.9. The molecule has 5 unspecified atom stereocenters. The Morgan fingerprint density at radius 2 is 1.86 bits per heavy atom. The van der Waals surface area contributed by atoms with Crippen molar-refractivity contribution in [1.29, 1.82) is 0 Å². The van der Waals surface area contributed by atoms with Gasteiger partial charge in [0.2, 0.25) is 5.78 Å². The summed E-state index contributed by atoms with van der Waals surface area (Å²) in [6.07, 6.45) is -8.11. The first-order valence-corrected chi connectivity index (χ1v) is 13.8. The maximum absolute atomic E-state index is 13.9. The summed E-state index contributed by atoms with van der Waals surface area (Å²) < 4.78 is 55.2. The summed E-state index contributed by atoms with van der Waals surface area (Å²) in [6.45, 7) is 2.52. The van der Waals surface area contributed by atoms with Crippen molar-refractivity contribution < 1.29 is 61.9 Å². The van der Waals surface area contributed by atoms with E-state index in [2.05, 4.69) is 0 Å². The number of halogens is 3. The number of carbonyl (C=O) groups excluding carboxylic acids is 4. The number of aliphatic hydroxyl groups is 1. The molecule has 11 nitrogen and oxygen atoms in total. The Hall–Kier alpha value is -4.01. The number of nitrogens with one attached hydrogen (secondary N) is 1. The van der Waals surface area contributed by atoms with Crippen LogP contribution in [0.5, 0.6) is 17.2 Å². The van der Waals surface area contributed by atoms with Gasteiger partial charge in [-0.2, -0.15) is 13.2 Å². The Bertz CT molecular complexity index is 1560. The molecule has 236 valence electrons. The van der Waals surface area contributed by atoms with Gasteiger partial charge in [0.15, 0.2) is 18.4 Å². The summed E-state index contributed by atoms with van der Waals surface area (Å²) >= 11 is 0. The Morgan fingerprint density at radius 3 is 2.48 bits per heavy atom. The number of aromatic hydroxyl groups is 2. The number of benzene rings is 2. The minimum atomic E-state index is -5.12. The third-order valence-corrected chi connectivity index (χ3v) is 8.65. The molecule has 5 rings (SSSR count). The van der Waals surface area contributed by atoms with Crippen molar-refractivity contribution >= 4 is 23.8 Å². The molecule has 0 saturated carbocycles. The molecular weight excluding hydrogens is 591 g/mol. The molecule has 0 radical (unpaired) electrons. The average molecular weight is 622 g/mol. The Morgan fingerprint density at radius 1 is 1.16 bits per heavy atom. The molecule has 4 N–H and O–H groups in total. The van der Waals surface area contributed by atoms with Gasteiger partial charge in [-0.3, -0.25) is 19.2 Å². The normalized spacial score (nSPS) is 27.5. The molecule has 2 aliphatic heterocycles. The molecule has 2 aromatic carbocycles. The van der Waals surface area contributed by atoms with Crippen molar-refractivity contribution in [2.45, 2.75) is 81.8 Å². The number of methoxy groups -OCH3 is 1. The lowest BCUT2D eigenvalue weighted by molar-refractivity contribution is -0.175. The van der Waals surface area contributed by atoms with Crippen LogP contribution in [0, 0.1) is 6.92 Å². The molecule has 2 saturated heterocycles. The number of aldehydes is 1. The monoisotopic (exact) mass is 621 g/mol. The molecule has 1 amide bonds. The molecule has 2 aromatic rings. The van der Waals surface area contributed by atoms with Gasteiger partial charge in [0.1, 0.15) is 29.0 Å². The van der Waals surface area contributed by atoms with Crippen LogP contribution in [0.25, 0.3) is 0 Å². The van der Waals surface area contributed by atoms with Crippen molar-refractivity contribution in [1.82, 2.24) is 5.32 Å². The number of hydrogen-bond acceptors (Lipinski definition) is 10. The van der Waals surface area contributed by atoms with Crippen molar-refractivity contribution in [3.05, 3.63) is 51.6 Å². The molecule has 2 fully saturated rings. The number of amides is 1. The lowest BCUT2D eigenvalue weighted by atomic mass is 9.68. The number of rotatable bonds is 8. The fourth-order valence-corrected chi connectivity index (χ4v) is 6.38.